The van der Waals surface area contributed by atoms with Crippen molar-refractivity contribution in [3.8, 4) is 0 Å². The van der Waals surface area contributed by atoms with Crippen molar-refractivity contribution in [3.05, 3.63) is 27.7 Å². The molecule has 0 spiro atoms. The number of rotatable bonds is 2. The zero-order chi connectivity index (χ0) is 14.2. The summed E-state index contributed by atoms with van der Waals surface area (Å²) in [6.07, 6.45) is 0. The number of anilines is 1. The number of hydrogen-bond donors (Lipinski definition) is 1. The highest BCUT2D eigenvalue weighted by Gasteiger charge is 2.27. The topological polar surface area (TPSA) is 15.3 Å². The molecule has 1 aromatic rings. The molecule has 1 aromatic carbocycles. The molecule has 1 saturated heterocycles. The Morgan fingerprint density at radius 1 is 1.26 bits per heavy atom. The van der Waals surface area contributed by atoms with E-state index in [0.29, 0.717) is 18.0 Å². The smallest absolute Gasteiger partial charge is 0.0387 e. The normalized spacial score (nSPS) is 24.1. The second-order valence-electron chi connectivity index (χ2n) is 6.15. The third kappa shape index (κ3) is 3.14. The maximum Gasteiger partial charge on any atom is 0.0387 e. The molecule has 1 fully saturated rings. The van der Waals surface area contributed by atoms with Crippen molar-refractivity contribution in [2.45, 2.75) is 46.7 Å². The van der Waals surface area contributed by atoms with Gasteiger partial charge in [-0.25, -0.2) is 0 Å². The van der Waals surface area contributed by atoms with Gasteiger partial charge >= 0.3 is 0 Å². The van der Waals surface area contributed by atoms with Crippen LogP contribution in [0.25, 0.3) is 0 Å². The molecule has 1 N–H and O–H groups in total. The highest BCUT2D eigenvalue weighted by molar-refractivity contribution is 9.10. The van der Waals surface area contributed by atoms with E-state index in [9.17, 15) is 0 Å². The van der Waals surface area contributed by atoms with Crippen LogP contribution in [-0.2, 0) is 0 Å². The molecule has 106 valence electrons. The predicted octanol–water partition coefficient (Wildman–Crippen LogP) is 3.89. The number of nitrogens with zero attached hydrogens (tertiary/aromatic N) is 1. The van der Waals surface area contributed by atoms with Crippen LogP contribution in [0.5, 0.6) is 0 Å². The molecule has 1 heterocycles. The van der Waals surface area contributed by atoms with Crippen molar-refractivity contribution in [2.24, 2.45) is 5.92 Å². The van der Waals surface area contributed by atoms with Gasteiger partial charge in [0.15, 0.2) is 0 Å². The van der Waals surface area contributed by atoms with E-state index in [0.717, 1.165) is 13.1 Å². The summed E-state index contributed by atoms with van der Waals surface area (Å²) >= 11 is 3.66. The highest BCUT2D eigenvalue weighted by Crippen LogP contribution is 2.29. The molecule has 3 heteroatoms. The van der Waals surface area contributed by atoms with E-state index in [1.807, 2.05) is 0 Å². The minimum atomic E-state index is 0.551. The number of aryl methyl sites for hydroxylation is 2. The van der Waals surface area contributed by atoms with Crippen LogP contribution in [0.2, 0.25) is 0 Å². The Kier molecular flexibility index (Phi) is 4.57. The molecule has 2 atom stereocenters. The molecular weight excluding hydrogens is 300 g/mol. The van der Waals surface area contributed by atoms with Crippen LogP contribution < -0.4 is 10.2 Å². The van der Waals surface area contributed by atoms with Gasteiger partial charge in [-0.1, -0.05) is 29.8 Å². The lowest BCUT2D eigenvalue weighted by Crippen LogP contribution is -2.57. The molecule has 2 unspecified atom stereocenters. The Hall–Kier alpha value is -0.540. The average Bonchev–Trinajstić information content (AvgIpc) is 2.35. The van der Waals surface area contributed by atoms with E-state index in [1.54, 1.807) is 0 Å². The van der Waals surface area contributed by atoms with Crippen molar-refractivity contribution < 1.29 is 0 Å². The van der Waals surface area contributed by atoms with Crippen molar-refractivity contribution in [3.63, 3.8) is 0 Å². The van der Waals surface area contributed by atoms with Crippen LogP contribution in [0.15, 0.2) is 16.6 Å². The number of hydrogen-bond acceptors (Lipinski definition) is 2. The first-order valence-electron chi connectivity index (χ1n) is 7.17. The molecular formula is C16H25BrN2. The summed E-state index contributed by atoms with van der Waals surface area (Å²) in [4.78, 5) is 2.55. The summed E-state index contributed by atoms with van der Waals surface area (Å²) < 4.78 is 1.24. The Balaban J connectivity index is 2.28. The van der Waals surface area contributed by atoms with E-state index >= 15 is 0 Å². The zero-order valence-electron chi connectivity index (χ0n) is 12.6. The Bertz CT molecular complexity index is 433. The largest absolute Gasteiger partial charge is 0.366 e. The van der Waals surface area contributed by atoms with E-state index in [2.05, 4.69) is 72.9 Å². The van der Waals surface area contributed by atoms with Gasteiger partial charge in [-0.15, -0.1) is 0 Å². The van der Waals surface area contributed by atoms with Crippen molar-refractivity contribution >= 4 is 21.6 Å². The second-order valence-corrected chi connectivity index (χ2v) is 6.95. The van der Waals surface area contributed by atoms with Gasteiger partial charge in [0.1, 0.15) is 0 Å². The van der Waals surface area contributed by atoms with Crippen molar-refractivity contribution in [2.75, 3.05) is 18.0 Å². The Morgan fingerprint density at radius 3 is 2.37 bits per heavy atom. The third-order valence-corrected chi connectivity index (χ3v) is 5.41. The average molecular weight is 325 g/mol. The lowest BCUT2D eigenvalue weighted by Gasteiger charge is -2.42. The number of halogens is 1. The quantitative estimate of drug-likeness (QED) is 0.887. The van der Waals surface area contributed by atoms with Gasteiger partial charge < -0.3 is 10.2 Å². The highest BCUT2D eigenvalue weighted by atomic mass is 79.9. The van der Waals surface area contributed by atoms with Crippen LogP contribution >= 0.6 is 15.9 Å². The van der Waals surface area contributed by atoms with E-state index in [-0.39, 0.29) is 0 Å². The van der Waals surface area contributed by atoms with Crippen LogP contribution in [0.4, 0.5) is 5.69 Å². The van der Waals surface area contributed by atoms with Crippen LogP contribution in [-0.4, -0.2) is 25.2 Å². The first-order valence-corrected chi connectivity index (χ1v) is 7.96. The van der Waals surface area contributed by atoms with Crippen molar-refractivity contribution in [1.29, 1.82) is 0 Å². The molecule has 1 aliphatic heterocycles. The summed E-state index contributed by atoms with van der Waals surface area (Å²) in [5.74, 6) is 0.674. The van der Waals surface area contributed by atoms with Gasteiger partial charge in [-0.3, -0.25) is 0 Å². The maximum absolute atomic E-state index is 3.66. The molecule has 1 aliphatic rings. The van der Waals surface area contributed by atoms with Gasteiger partial charge in [-0.05, 0) is 49.9 Å². The summed E-state index contributed by atoms with van der Waals surface area (Å²) in [5.41, 5.74) is 4.00. The van der Waals surface area contributed by atoms with E-state index in [4.69, 9.17) is 0 Å². The number of nitrogens with one attached hydrogen (secondary N) is 1. The second kappa shape index (κ2) is 5.84. The van der Waals surface area contributed by atoms with Gasteiger partial charge in [0.05, 0.1) is 0 Å². The summed E-state index contributed by atoms with van der Waals surface area (Å²) in [5, 5.41) is 3.66. The maximum atomic E-state index is 3.66. The van der Waals surface area contributed by atoms with Crippen molar-refractivity contribution in [1.82, 2.24) is 5.32 Å². The lowest BCUT2D eigenvalue weighted by molar-refractivity contribution is 0.337. The molecule has 0 amide bonds. The van der Waals surface area contributed by atoms with Gasteiger partial charge in [0.2, 0.25) is 0 Å². The van der Waals surface area contributed by atoms with Crippen LogP contribution in [0.1, 0.15) is 31.9 Å². The molecule has 0 bridgehead atoms. The van der Waals surface area contributed by atoms with E-state index < -0.39 is 0 Å². The minimum absolute atomic E-state index is 0.551. The monoisotopic (exact) mass is 324 g/mol. The predicted molar refractivity (Wildman–Crippen MR) is 87.1 cm³/mol. The van der Waals surface area contributed by atoms with Gasteiger partial charge in [0, 0.05) is 35.3 Å². The van der Waals surface area contributed by atoms with Gasteiger partial charge in [0.25, 0.3) is 0 Å². The SMILES string of the molecule is Cc1cc(N2CC(C(C)C)NCC2C)cc(C)c1Br. The standard InChI is InChI=1S/C16H25BrN2/c1-10(2)15-9-19(13(5)8-18-15)14-6-11(3)16(17)12(4)7-14/h6-7,10,13,15,18H,8-9H2,1-5H3. The first-order chi connectivity index (χ1) is 8.90. The fourth-order valence-electron chi connectivity index (χ4n) is 2.78. The molecule has 2 rings (SSSR count). The molecule has 0 aliphatic carbocycles. The fourth-order valence-corrected chi connectivity index (χ4v) is 3.01. The van der Waals surface area contributed by atoms with Gasteiger partial charge in [-0.2, -0.15) is 0 Å². The molecule has 19 heavy (non-hydrogen) atoms. The zero-order valence-corrected chi connectivity index (χ0v) is 14.2. The number of piperazine rings is 1. The summed E-state index contributed by atoms with van der Waals surface area (Å²) in [6.45, 7) is 13.4. The Labute approximate surface area is 125 Å². The van der Waals surface area contributed by atoms with E-state index in [1.165, 1.54) is 21.3 Å². The summed E-state index contributed by atoms with van der Waals surface area (Å²) in [7, 11) is 0. The molecule has 0 saturated carbocycles. The lowest BCUT2D eigenvalue weighted by atomic mass is 9.98. The Morgan fingerprint density at radius 2 is 1.84 bits per heavy atom. The first kappa shape index (κ1) is 14.9. The van der Waals surface area contributed by atoms with Crippen LogP contribution in [0, 0.1) is 19.8 Å². The summed E-state index contributed by atoms with van der Waals surface area (Å²) in [6, 6.07) is 5.74. The third-order valence-electron chi connectivity index (χ3n) is 4.16. The molecule has 0 aromatic heterocycles. The fraction of sp³-hybridized carbons (Fsp3) is 0.625. The molecule has 2 nitrogen and oxygen atoms in total. The minimum Gasteiger partial charge on any atom is -0.366 e. The molecule has 0 radical (unpaired) electrons. The number of benzene rings is 1. The van der Waals surface area contributed by atoms with Crippen LogP contribution in [0.3, 0.4) is 0 Å².